The van der Waals surface area contributed by atoms with Crippen LogP contribution in [0.1, 0.15) is 30.6 Å². The number of fused-ring (bicyclic) bond motifs is 1. The van der Waals surface area contributed by atoms with Crippen molar-refractivity contribution in [3.05, 3.63) is 59.4 Å². The summed E-state index contributed by atoms with van der Waals surface area (Å²) >= 11 is 0. The van der Waals surface area contributed by atoms with Gasteiger partial charge in [-0.25, -0.2) is 4.39 Å². The van der Waals surface area contributed by atoms with Gasteiger partial charge in [-0.2, -0.15) is 0 Å². The summed E-state index contributed by atoms with van der Waals surface area (Å²) in [7, 11) is 1.35. The maximum absolute atomic E-state index is 14.2. The Kier molecular flexibility index (Phi) is 4.74. The van der Waals surface area contributed by atoms with Gasteiger partial charge in [-0.15, -0.1) is 0 Å². The summed E-state index contributed by atoms with van der Waals surface area (Å²) < 4.78 is 25.2. The predicted molar refractivity (Wildman–Crippen MR) is 90.9 cm³/mol. The fourth-order valence-electron chi connectivity index (χ4n) is 2.92. The van der Waals surface area contributed by atoms with E-state index in [1.165, 1.54) is 26.2 Å². The smallest absolute Gasteiger partial charge is 0.261 e. The van der Waals surface area contributed by atoms with Crippen molar-refractivity contribution < 1.29 is 23.8 Å². The fraction of sp³-hybridized carbons (Fsp3) is 0.316. The highest BCUT2D eigenvalue weighted by molar-refractivity contribution is 5.99. The Bertz CT molecular complexity index is 795. The van der Waals surface area contributed by atoms with Crippen LogP contribution >= 0.6 is 0 Å². The van der Waals surface area contributed by atoms with E-state index in [-0.39, 0.29) is 5.56 Å². The van der Waals surface area contributed by atoms with Gasteiger partial charge >= 0.3 is 0 Å². The minimum atomic E-state index is -1.51. The molecular formula is C19H20FNO4. The molecule has 0 spiro atoms. The number of aliphatic hydroxyl groups excluding tert-OH is 1. The molecule has 5 nitrogen and oxygen atoms in total. The van der Waals surface area contributed by atoms with Crippen LogP contribution in [-0.4, -0.2) is 24.7 Å². The first-order valence-electron chi connectivity index (χ1n) is 8.02. The van der Waals surface area contributed by atoms with E-state index in [2.05, 4.69) is 5.32 Å². The average molecular weight is 345 g/mol. The summed E-state index contributed by atoms with van der Waals surface area (Å²) in [6, 6.07) is 11.1. The number of methoxy groups -OCH3 is 1. The molecule has 0 aliphatic carbocycles. The van der Waals surface area contributed by atoms with Gasteiger partial charge in [-0.3, -0.25) is 4.79 Å². The van der Waals surface area contributed by atoms with Crippen LogP contribution in [0.15, 0.2) is 42.5 Å². The quantitative estimate of drug-likeness (QED) is 0.893. The van der Waals surface area contributed by atoms with Crippen LogP contribution in [0.25, 0.3) is 0 Å². The zero-order valence-corrected chi connectivity index (χ0v) is 14.1. The molecule has 1 amide bonds. The second-order valence-electron chi connectivity index (χ2n) is 6.05. The minimum absolute atomic E-state index is 0.140. The number of amides is 1. The van der Waals surface area contributed by atoms with Crippen molar-refractivity contribution in [2.24, 2.45) is 0 Å². The lowest BCUT2D eigenvalue weighted by Gasteiger charge is -2.29. The number of anilines is 1. The lowest BCUT2D eigenvalue weighted by Crippen LogP contribution is -2.40. The van der Waals surface area contributed by atoms with Gasteiger partial charge in [0.2, 0.25) is 0 Å². The molecule has 0 fully saturated rings. The summed E-state index contributed by atoms with van der Waals surface area (Å²) in [5, 5.41) is 12.8. The molecular weight excluding hydrogens is 325 g/mol. The SMILES string of the molecule is COC(C)(C(=O)Nc1cccc2c1OCCC2O)c1ccccc1F. The molecule has 2 aromatic rings. The Morgan fingerprint density at radius 1 is 1.32 bits per heavy atom. The molecule has 0 aromatic heterocycles. The Labute approximate surface area is 145 Å². The summed E-state index contributed by atoms with van der Waals surface area (Å²) in [5.41, 5.74) is -0.336. The highest BCUT2D eigenvalue weighted by Crippen LogP contribution is 2.39. The third kappa shape index (κ3) is 3.10. The normalized spacial score (nSPS) is 18.6. The van der Waals surface area contributed by atoms with Gasteiger partial charge in [0.15, 0.2) is 5.60 Å². The molecule has 1 heterocycles. The molecule has 25 heavy (non-hydrogen) atoms. The lowest BCUT2D eigenvalue weighted by molar-refractivity contribution is -0.137. The van der Waals surface area contributed by atoms with Crippen LogP contribution < -0.4 is 10.1 Å². The number of nitrogens with one attached hydrogen (secondary N) is 1. The first-order chi connectivity index (χ1) is 12.0. The summed E-state index contributed by atoms with van der Waals surface area (Å²) in [6.45, 7) is 1.86. The number of halogens is 1. The Hall–Kier alpha value is -2.44. The number of aliphatic hydroxyl groups is 1. The van der Waals surface area contributed by atoms with Gasteiger partial charge < -0.3 is 19.9 Å². The maximum atomic E-state index is 14.2. The molecule has 0 radical (unpaired) electrons. The minimum Gasteiger partial charge on any atom is -0.491 e. The first-order valence-corrected chi connectivity index (χ1v) is 8.02. The van der Waals surface area contributed by atoms with E-state index < -0.39 is 23.4 Å². The van der Waals surface area contributed by atoms with Crippen molar-refractivity contribution in [2.75, 3.05) is 19.0 Å². The zero-order chi connectivity index (χ0) is 18.0. The van der Waals surface area contributed by atoms with Gasteiger partial charge in [-0.05, 0) is 19.1 Å². The predicted octanol–water partition coefficient (Wildman–Crippen LogP) is 3.14. The van der Waals surface area contributed by atoms with Crippen molar-refractivity contribution in [3.63, 3.8) is 0 Å². The molecule has 0 bridgehead atoms. The molecule has 0 saturated carbocycles. The van der Waals surface area contributed by atoms with Crippen molar-refractivity contribution in [1.29, 1.82) is 0 Å². The van der Waals surface area contributed by atoms with Gasteiger partial charge in [0.25, 0.3) is 5.91 Å². The standard InChI is InChI=1S/C19H20FNO4/c1-19(24-2,13-7-3-4-8-14(13)20)18(23)21-15-9-5-6-12-16(22)10-11-25-17(12)15/h3-9,16,22H,10-11H2,1-2H3,(H,21,23). The topological polar surface area (TPSA) is 67.8 Å². The molecule has 2 N–H and O–H groups in total. The van der Waals surface area contributed by atoms with Crippen LogP contribution in [0.4, 0.5) is 10.1 Å². The number of carbonyl (C=O) groups is 1. The molecule has 2 unspecified atom stereocenters. The summed E-state index contributed by atoms with van der Waals surface area (Å²) in [5.74, 6) is -0.623. The van der Waals surface area contributed by atoms with Crippen LogP contribution in [0.3, 0.4) is 0 Å². The van der Waals surface area contributed by atoms with E-state index in [0.29, 0.717) is 30.0 Å². The van der Waals surface area contributed by atoms with Crippen LogP contribution in [0.5, 0.6) is 5.75 Å². The maximum Gasteiger partial charge on any atom is 0.261 e. The summed E-state index contributed by atoms with van der Waals surface area (Å²) in [6.07, 6.45) is -0.143. The fourth-order valence-corrected chi connectivity index (χ4v) is 2.92. The molecule has 0 saturated heterocycles. The van der Waals surface area contributed by atoms with Crippen LogP contribution in [0, 0.1) is 5.82 Å². The Morgan fingerprint density at radius 3 is 2.80 bits per heavy atom. The largest absolute Gasteiger partial charge is 0.491 e. The second kappa shape index (κ2) is 6.82. The third-order valence-corrected chi connectivity index (χ3v) is 4.52. The third-order valence-electron chi connectivity index (χ3n) is 4.52. The Morgan fingerprint density at radius 2 is 2.08 bits per heavy atom. The monoisotopic (exact) mass is 345 g/mol. The molecule has 1 aliphatic rings. The number of hydrogen-bond donors (Lipinski definition) is 2. The molecule has 1 aliphatic heterocycles. The van der Waals surface area contributed by atoms with Gasteiger partial charge in [0, 0.05) is 24.7 Å². The van der Waals surface area contributed by atoms with Crippen molar-refractivity contribution in [2.45, 2.75) is 25.0 Å². The van der Waals surface area contributed by atoms with E-state index in [4.69, 9.17) is 9.47 Å². The Balaban J connectivity index is 1.94. The molecule has 6 heteroatoms. The average Bonchev–Trinajstić information content (AvgIpc) is 2.62. The lowest BCUT2D eigenvalue weighted by atomic mass is 9.93. The van der Waals surface area contributed by atoms with Crippen molar-refractivity contribution >= 4 is 11.6 Å². The highest BCUT2D eigenvalue weighted by atomic mass is 19.1. The van der Waals surface area contributed by atoms with E-state index >= 15 is 0 Å². The number of hydrogen-bond acceptors (Lipinski definition) is 4. The molecule has 132 valence electrons. The number of benzene rings is 2. The van der Waals surface area contributed by atoms with E-state index in [1.807, 2.05) is 0 Å². The van der Waals surface area contributed by atoms with Crippen LogP contribution in [0.2, 0.25) is 0 Å². The van der Waals surface area contributed by atoms with Crippen molar-refractivity contribution in [3.8, 4) is 5.75 Å². The van der Waals surface area contributed by atoms with Crippen molar-refractivity contribution in [1.82, 2.24) is 0 Å². The van der Waals surface area contributed by atoms with E-state index in [0.717, 1.165) is 0 Å². The zero-order valence-electron chi connectivity index (χ0n) is 14.1. The number of rotatable bonds is 4. The van der Waals surface area contributed by atoms with Gasteiger partial charge in [0.1, 0.15) is 11.6 Å². The molecule has 2 atom stereocenters. The van der Waals surface area contributed by atoms with Gasteiger partial charge in [-0.1, -0.05) is 30.3 Å². The molecule has 3 rings (SSSR count). The number of carbonyl (C=O) groups excluding carboxylic acids is 1. The number of para-hydroxylation sites is 1. The highest BCUT2D eigenvalue weighted by Gasteiger charge is 2.38. The second-order valence-corrected chi connectivity index (χ2v) is 6.05. The number of ether oxygens (including phenoxy) is 2. The van der Waals surface area contributed by atoms with Gasteiger partial charge in [0.05, 0.1) is 18.4 Å². The first kappa shape index (κ1) is 17.4. The molecule has 2 aromatic carbocycles. The van der Waals surface area contributed by atoms with E-state index in [9.17, 15) is 14.3 Å². The van der Waals surface area contributed by atoms with Crippen LogP contribution in [-0.2, 0) is 15.1 Å². The van der Waals surface area contributed by atoms with E-state index in [1.54, 1.807) is 30.3 Å². The summed E-state index contributed by atoms with van der Waals surface area (Å²) in [4.78, 5) is 12.9.